The normalized spacial score (nSPS) is 10.6. The van der Waals surface area contributed by atoms with Crippen LogP contribution in [0.3, 0.4) is 0 Å². The molecule has 3 aromatic rings. The standard InChI is InChI=1S/C14H14N6O2/c1-9-12(10(2)22-19-9)6-13(21)18-11-7-15-14(16-8-11)20-5-3-4-17-20/h3-5,7-8H,6H2,1-2H3,(H,18,21). The van der Waals surface area contributed by atoms with Gasteiger partial charge in [0, 0.05) is 18.0 Å². The minimum atomic E-state index is -0.176. The van der Waals surface area contributed by atoms with Gasteiger partial charge in [-0.2, -0.15) is 5.10 Å². The highest BCUT2D eigenvalue weighted by Gasteiger charge is 2.13. The highest BCUT2D eigenvalue weighted by Crippen LogP contribution is 2.14. The van der Waals surface area contributed by atoms with Crippen molar-refractivity contribution in [1.29, 1.82) is 0 Å². The molecule has 1 amide bonds. The Kier molecular flexibility index (Phi) is 3.65. The van der Waals surface area contributed by atoms with Crippen molar-refractivity contribution < 1.29 is 9.32 Å². The fourth-order valence-electron chi connectivity index (χ4n) is 2.01. The number of hydrogen-bond acceptors (Lipinski definition) is 6. The summed E-state index contributed by atoms with van der Waals surface area (Å²) in [5.74, 6) is 0.913. The monoisotopic (exact) mass is 298 g/mol. The first-order valence-corrected chi connectivity index (χ1v) is 6.67. The summed E-state index contributed by atoms with van der Waals surface area (Å²) in [6.45, 7) is 3.59. The maximum Gasteiger partial charge on any atom is 0.250 e. The summed E-state index contributed by atoms with van der Waals surface area (Å²) >= 11 is 0. The molecule has 0 fully saturated rings. The van der Waals surface area contributed by atoms with Gasteiger partial charge in [-0.05, 0) is 19.9 Å². The molecule has 0 saturated carbocycles. The molecule has 0 bridgehead atoms. The van der Waals surface area contributed by atoms with Crippen molar-refractivity contribution in [3.8, 4) is 5.95 Å². The smallest absolute Gasteiger partial charge is 0.250 e. The summed E-state index contributed by atoms with van der Waals surface area (Å²) in [7, 11) is 0. The highest BCUT2D eigenvalue weighted by molar-refractivity contribution is 5.92. The van der Waals surface area contributed by atoms with Crippen LogP contribution in [-0.2, 0) is 11.2 Å². The van der Waals surface area contributed by atoms with Crippen LogP contribution in [0.15, 0.2) is 35.4 Å². The van der Waals surface area contributed by atoms with Crippen molar-refractivity contribution in [3.05, 3.63) is 47.9 Å². The summed E-state index contributed by atoms with van der Waals surface area (Å²) in [6.07, 6.45) is 6.65. The third-order valence-electron chi connectivity index (χ3n) is 3.15. The van der Waals surface area contributed by atoms with Gasteiger partial charge in [-0.1, -0.05) is 5.16 Å². The predicted molar refractivity (Wildman–Crippen MR) is 77.5 cm³/mol. The molecule has 0 atom stereocenters. The van der Waals surface area contributed by atoms with Crippen LogP contribution in [0.4, 0.5) is 5.69 Å². The molecular formula is C14H14N6O2. The molecule has 0 aromatic carbocycles. The van der Waals surface area contributed by atoms with Crippen LogP contribution in [0.5, 0.6) is 0 Å². The van der Waals surface area contributed by atoms with E-state index in [0.29, 0.717) is 17.4 Å². The van der Waals surface area contributed by atoms with Gasteiger partial charge in [0.15, 0.2) is 0 Å². The van der Waals surface area contributed by atoms with E-state index in [0.717, 1.165) is 11.3 Å². The molecule has 0 aliphatic heterocycles. The second-order valence-corrected chi connectivity index (χ2v) is 4.75. The third-order valence-corrected chi connectivity index (χ3v) is 3.15. The van der Waals surface area contributed by atoms with E-state index in [-0.39, 0.29) is 12.3 Å². The molecule has 0 unspecified atom stereocenters. The quantitative estimate of drug-likeness (QED) is 0.782. The molecule has 3 aromatic heterocycles. The number of aromatic nitrogens is 5. The average Bonchev–Trinajstić information content (AvgIpc) is 3.14. The number of nitrogens with zero attached hydrogens (tertiary/aromatic N) is 5. The van der Waals surface area contributed by atoms with E-state index in [1.54, 1.807) is 32.3 Å². The van der Waals surface area contributed by atoms with Crippen molar-refractivity contribution in [2.45, 2.75) is 20.3 Å². The fraction of sp³-hybridized carbons (Fsp3) is 0.214. The Morgan fingerprint density at radius 3 is 2.68 bits per heavy atom. The van der Waals surface area contributed by atoms with E-state index >= 15 is 0 Å². The zero-order valence-corrected chi connectivity index (χ0v) is 12.1. The van der Waals surface area contributed by atoms with Gasteiger partial charge in [-0.25, -0.2) is 14.6 Å². The maximum atomic E-state index is 12.0. The summed E-state index contributed by atoms with van der Waals surface area (Å²) in [5, 5.41) is 10.6. The molecule has 3 heterocycles. The number of nitrogens with one attached hydrogen (secondary N) is 1. The van der Waals surface area contributed by atoms with Gasteiger partial charge in [0.05, 0.1) is 30.2 Å². The molecule has 0 aliphatic carbocycles. The summed E-state index contributed by atoms with van der Waals surface area (Å²) < 4.78 is 6.58. The Balaban J connectivity index is 1.67. The van der Waals surface area contributed by atoms with E-state index in [2.05, 4.69) is 25.5 Å². The lowest BCUT2D eigenvalue weighted by Gasteiger charge is -2.05. The first kappa shape index (κ1) is 13.9. The van der Waals surface area contributed by atoms with Crippen LogP contribution in [0.25, 0.3) is 5.95 Å². The Labute approximate surface area is 126 Å². The topological polar surface area (TPSA) is 98.7 Å². The van der Waals surface area contributed by atoms with Crippen molar-refractivity contribution in [1.82, 2.24) is 24.9 Å². The number of carbonyl (C=O) groups excluding carboxylic acids is 1. The van der Waals surface area contributed by atoms with E-state index in [9.17, 15) is 4.79 Å². The van der Waals surface area contributed by atoms with Gasteiger partial charge in [0.2, 0.25) is 5.91 Å². The van der Waals surface area contributed by atoms with Crippen LogP contribution in [0, 0.1) is 13.8 Å². The Morgan fingerprint density at radius 2 is 2.09 bits per heavy atom. The first-order valence-electron chi connectivity index (χ1n) is 6.67. The third kappa shape index (κ3) is 2.85. The highest BCUT2D eigenvalue weighted by atomic mass is 16.5. The van der Waals surface area contributed by atoms with Crippen molar-refractivity contribution in [2.75, 3.05) is 5.32 Å². The molecule has 112 valence electrons. The zero-order chi connectivity index (χ0) is 15.5. The van der Waals surface area contributed by atoms with Gasteiger partial charge in [-0.3, -0.25) is 4.79 Å². The number of carbonyl (C=O) groups is 1. The minimum absolute atomic E-state index is 0.176. The van der Waals surface area contributed by atoms with Gasteiger partial charge in [-0.15, -0.1) is 0 Å². The van der Waals surface area contributed by atoms with Crippen molar-refractivity contribution in [3.63, 3.8) is 0 Å². The molecule has 0 spiro atoms. The molecule has 8 heteroatoms. The van der Waals surface area contributed by atoms with Crippen LogP contribution in [-0.4, -0.2) is 30.8 Å². The summed E-state index contributed by atoms with van der Waals surface area (Å²) in [5.41, 5.74) is 2.04. The van der Waals surface area contributed by atoms with E-state index in [1.165, 1.54) is 17.1 Å². The van der Waals surface area contributed by atoms with Crippen LogP contribution in [0.2, 0.25) is 0 Å². The lowest BCUT2D eigenvalue weighted by atomic mass is 10.1. The number of rotatable bonds is 4. The van der Waals surface area contributed by atoms with Crippen LogP contribution < -0.4 is 5.32 Å². The molecular weight excluding hydrogens is 284 g/mol. The second kappa shape index (κ2) is 5.76. The average molecular weight is 298 g/mol. The van der Waals surface area contributed by atoms with E-state index in [1.807, 2.05) is 0 Å². The number of anilines is 1. The van der Waals surface area contributed by atoms with Gasteiger partial charge < -0.3 is 9.84 Å². The molecule has 0 radical (unpaired) electrons. The van der Waals surface area contributed by atoms with Crippen molar-refractivity contribution >= 4 is 11.6 Å². The number of aryl methyl sites for hydroxylation is 2. The van der Waals surface area contributed by atoms with Crippen molar-refractivity contribution in [2.24, 2.45) is 0 Å². The Morgan fingerprint density at radius 1 is 1.32 bits per heavy atom. The molecule has 3 rings (SSSR count). The molecule has 8 nitrogen and oxygen atoms in total. The first-order chi connectivity index (χ1) is 10.6. The largest absolute Gasteiger partial charge is 0.361 e. The zero-order valence-electron chi connectivity index (χ0n) is 12.1. The van der Waals surface area contributed by atoms with Gasteiger partial charge in [0.1, 0.15) is 5.76 Å². The number of amides is 1. The fourth-order valence-corrected chi connectivity index (χ4v) is 2.01. The second-order valence-electron chi connectivity index (χ2n) is 4.75. The summed E-state index contributed by atoms with van der Waals surface area (Å²) in [6, 6.07) is 1.78. The molecule has 22 heavy (non-hydrogen) atoms. The minimum Gasteiger partial charge on any atom is -0.361 e. The lowest BCUT2D eigenvalue weighted by Crippen LogP contribution is -2.16. The molecule has 0 aliphatic rings. The van der Waals surface area contributed by atoms with E-state index < -0.39 is 0 Å². The van der Waals surface area contributed by atoms with Gasteiger partial charge >= 0.3 is 0 Å². The predicted octanol–water partition coefficient (Wildman–Crippen LogP) is 1.45. The van der Waals surface area contributed by atoms with Crippen LogP contribution in [0.1, 0.15) is 17.0 Å². The lowest BCUT2D eigenvalue weighted by molar-refractivity contribution is -0.115. The number of hydrogen-bond donors (Lipinski definition) is 1. The molecule has 1 N–H and O–H groups in total. The van der Waals surface area contributed by atoms with Crippen LogP contribution >= 0.6 is 0 Å². The Bertz CT molecular complexity index is 757. The maximum absolute atomic E-state index is 12.0. The summed E-state index contributed by atoms with van der Waals surface area (Å²) in [4.78, 5) is 20.3. The SMILES string of the molecule is Cc1noc(C)c1CC(=O)Nc1cnc(-n2cccn2)nc1. The van der Waals surface area contributed by atoms with Gasteiger partial charge in [0.25, 0.3) is 5.95 Å². The molecule has 0 saturated heterocycles. The van der Waals surface area contributed by atoms with E-state index in [4.69, 9.17) is 4.52 Å². The Hall–Kier alpha value is -3.03.